The van der Waals surface area contributed by atoms with Crippen molar-refractivity contribution in [2.24, 2.45) is 0 Å². The summed E-state index contributed by atoms with van der Waals surface area (Å²) in [6.07, 6.45) is 3.46. The van der Waals surface area contributed by atoms with Crippen LogP contribution in [0.25, 0.3) is 22.0 Å². The Bertz CT molecular complexity index is 1070. The summed E-state index contributed by atoms with van der Waals surface area (Å²) >= 11 is 1.61. The van der Waals surface area contributed by atoms with Gasteiger partial charge < -0.3 is 5.32 Å². The Hall–Kier alpha value is -3.05. The van der Waals surface area contributed by atoms with Crippen LogP contribution >= 0.6 is 11.3 Å². The van der Waals surface area contributed by atoms with Crippen LogP contribution in [0.2, 0.25) is 0 Å². The van der Waals surface area contributed by atoms with E-state index in [4.69, 9.17) is 0 Å². The third kappa shape index (κ3) is 3.14. The lowest BCUT2D eigenvalue weighted by Gasteiger charge is -2.09. The van der Waals surface area contributed by atoms with Crippen molar-refractivity contribution in [2.45, 2.75) is 6.92 Å². The Morgan fingerprint density at radius 2 is 2.00 bits per heavy atom. The van der Waals surface area contributed by atoms with Gasteiger partial charge in [0.05, 0.1) is 10.7 Å². The van der Waals surface area contributed by atoms with E-state index in [1.165, 1.54) is 0 Å². The number of aromatic nitrogens is 2. The van der Waals surface area contributed by atoms with Gasteiger partial charge in [-0.1, -0.05) is 24.3 Å². The lowest BCUT2D eigenvalue weighted by Crippen LogP contribution is -2.12. The maximum absolute atomic E-state index is 12.7. The minimum absolute atomic E-state index is 0.136. The molecule has 122 valence electrons. The van der Waals surface area contributed by atoms with Crippen molar-refractivity contribution >= 4 is 33.7 Å². The van der Waals surface area contributed by atoms with E-state index in [2.05, 4.69) is 15.3 Å². The number of pyridine rings is 1. The van der Waals surface area contributed by atoms with Crippen molar-refractivity contribution in [3.63, 3.8) is 0 Å². The zero-order chi connectivity index (χ0) is 17.2. The summed E-state index contributed by atoms with van der Waals surface area (Å²) in [7, 11) is 0. The number of rotatable bonds is 3. The minimum atomic E-state index is -0.136. The number of nitrogens with one attached hydrogen (secondary N) is 1. The van der Waals surface area contributed by atoms with Crippen LogP contribution in [0.1, 0.15) is 15.4 Å². The second-order valence-corrected chi connectivity index (χ2v) is 6.75. The normalized spacial score (nSPS) is 10.8. The fourth-order valence-electron chi connectivity index (χ4n) is 2.77. The van der Waals surface area contributed by atoms with Crippen LogP contribution in [0.5, 0.6) is 0 Å². The van der Waals surface area contributed by atoms with Gasteiger partial charge in [-0.05, 0) is 36.6 Å². The molecule has 0 fully saturated rings. The van der Waals surface area contributed by atoms with Gasteiger partial charge in [0.2, 0.25) is 0 Å². The fraction of sp³-hybridized carbons (Fsp3) is 0.0500. The standard InChI is InChI=1S/C20H15N3OS/c1-13-22-19(12-25-13)14-4-2-6-16(10-14)23-20(24)18-7-3-5-15-11-21-9-8-17(15)18/h2-12H,1H3,(H,23,24). The first-order valence-corrected chi connectivity index (χ1v) is 8.75. The molecule has 2 aromatic carbocycles. The SMILES string of the molecule is Cc1nc(-c2cccc(NC(=O)c3cccc4cnccc34)c2)cs1. The third-order valence-electron chi connectivity index (χ3n) is 3.96. The molecule has 1 amide bonds. The largest absolute Gasteiger partial charge is 0.322 e. The van der Waals surface area contributed by atoms with Gasteiger partial charge in [0.15, 0.2) is 0 Å². The Labute approximate surface area is 149 Å². The first kappa shape index (κ1) is 15.5. The van der Waals surface area contributed by atoms with Crippen molar-refractivity contribution in [3.8, 4) is 11.3 Å². The molecule has 0 bridgehead atoms. The van der Waals surface area contributed by atoms with E-state index in [0.29, 0.717) is 5.56 Å². The number of hydrogen-bond acceptors (Lipinski definition) is 4. The molecule has 0 aliphatic carbocycles. The molecule has 0 atom stereocenters. The average molecular weight is 345 g/mol. The van der Waals surface area contributed by atoms with Crippen LogP contribution in [0.4, 0.5) is 5.69 Å². The summed E-state index contributed by atoms with van der Waals surface area (Å²) in [5.41, 5.74) is 3.30. The molecule has 4 aromatic rings. The first-order chi connectivity index (χ1) is 12.2. The Morgan fingerprint density at radius 1 is 1.12 bits per heavy atom. The molecule has 0 saturated heterocycles. The van der Waals surface area contributed by atoms with Crippen LogP contribution in [-0.4, -0.2) is 15.9 Å². The summed E-state index contributed by atoms with van der Waals surface area (Å²) in [6.45, 7) is 1.98. The van der Waals surface area contributed by atoms with E-state index in [0.717, 1.165) is 32.7 Å². The van der Waals surface area contributed by atoms with Crippen molar-refractivity contribution in [3.05, 3.63) is 76.9 Å². The predicted octanol–water partition coefficient (Wildman–Crippen LogP) is 4.92. The summed E-state index contributed by atoms with van der Waals surface area (Å²) in [5.74, 6) is -0.136. The maximum atomic E-state index is 12.7. The van der Waals surface area contributed by atoms with Crippen LogP contribution < -0.4 is 5.32 Å². The average Bonchev–Trinajstić information content (AvgIpc) is 3.08. The number of nitrogens with zero attached hydrogens (tertiary/aromatic N) is 2. The highest BCUT2D eigenvalue weighted by atomic mass is 32.1. The fourth-order valence-corrected chi connectivity index (χ4v) is 3.39. The molecule has 2 heterocycles. The van der Waals surface area contributed by atoms with Crippen molar-refractivity contribution < 1.29 is 4.79 Å². The molecule has 2 aromatic heterocycles. The highest BCUT2D eigenvalue weighted by Crippen LogP contribution is 2.25. The minimum Gasteiger partial charge on any atom is -0.322 e. The van der Waals surface area contributed by atoms with Gasteiger partial charge in [0.25, 0.3) is 5.91 Å². The molecular formula is C20H15N3OS. The molecule has 0 unspecified atom stereocenters. The Balaban J connectivity index is 1.65. The van der Waals surface area contributed by atoms with Gasteiger partial charge in [0.1, 0.15) is 0 Å². The van der Waals surface area contributed by atoms with Crippen LogP contribution in [0.3, 0.4) is 0 Å². The summed E-state index contributed by atoms with van der Waals surface area (Å²) < 4.78 is 0. The molecule has 0 aliphatic heterocycles. The van der Waals surface area contributed by atoms with Crippen LogP contribution in [0, 0.1) is 6.92 Å². The zero-order valence-corrected chi connectivity index (χ0v) is 14.4. The van der Waals surface area contributed by atoms with E-state index in [1.807, 2.05) is 60.8 Å². The molecule has 0 radical (unpaired) electrons. The molecule has 0 spiro atoms. The van der Waals surface area contributed by atoms with Gasteiger partial charge in [0, 0.05) is 40.0 Å². The highest BCUT2D eigenvalue weighted by Gasteiger charge is 2.11. The van der Waals surface area contributed by atoms with Crippen LogP contribution in [0.15, 0.2) is 66.3 Å². The molecule has 0 saturated carbocycles. The molecule has 4 nitrogen and oxygen atoms in total. The molecule has 5 heteroatoms. The van der Waals surface area contributed by atoms with Gasteiger partial charge in [-0.15, -0.1) is 11.3 Å². The quantitative estimate of drug-likeness (QED) is 0.573. The number of carbonyl (C=O) groups excluding carboxylic acids is 1. The second-order valence-electron chi connectivity index (χ2n) is 5.69. The summed E-state index contributed by atoms with van der Waals surface area (Å²) in [4.78, 5) is 21.3. The van der Waals surface area contributed by atoms with E-state index in [9.17, 15) is 4.79 Å². The zero-order valence-electron chi connectivity index (χ0n) is 13.6. The molecule has 4 rings (SSSR count). The maximum Gasteiger partial charge on any atom is 0.256 e. The van der Waals surface area contributed by atoms with E-state index in [1.54, 1.807) is 23.7 Å². The van der Waals surface area contributed by atoms with E-state index >= 15 is 0 Å². The smallest absolute Gasteiger partial charge is 0.256 e. The second kappa shape index (κ2) is 6.45. The van der Waals surface area contributed by atoms with E-state index in [-0.39, 0.29) is 5.91 Å². The topological polar surface area (TPSA) is 54.9 Å². The number of anilines is 1. The third-order valence-corrected chi connectivity index (χ3v) is 4.73. The highest BCUT2D eigenvalue weighted by molar-refractivity contribution is 7.09. The van der Waals surface area contributed by atoms with Gasteiger partial charge in [-0.3, -0.25) is 9.78 Å². The summed E-state index contributed by atoms with van der Waals surface area (Å²) in [6, 6.07) is 15.2. The molecular weight excluding hydrogens is 330 g/mol. The van der Waals surface area contributed by atoms with Crippen molar-refractivity contribution in [1.29, 1.82) is 0 Å². The summed E-state index contributed by atoms with van der Waals surface area (Å²) in [5, 5.41) is 7.86. The number of fused-ring (bicyclic) bond motifs is 1. The van der Waals surface area contributed by atoms with Gasteiger partial charge >= 0.3 is 0 Å². The van der Waals surface area contributed by atoms with Gasteiger partial charge in [-0.25, -0.2) is 4.98 Å². The molecule has 0 aliphatic rings. The van der Waals surface area contributed by atoms with Crippen molar-refractivity contribution in [2.75, 3.05) is 5.32 Å². The number of amides is 1. The van der Waals surface area contributed by atoms with Gasteiger partial charge in [-0.2, -0.15) is 0 Å². The monoisotopic (exact) mass is 345 g/mol. The lowest BCUT2D eigenvalue weighted by atomic mass is 10.1. The van der Waals surface area contributed by atoms with Crippen LogP contribution in [-0.2, 0) is 0 Å². The lowest BCUT2D eigenvalue weighted by molar-refractivity contribution is 0.102. The number of hydrogen-bond donors (Lipinski definition) is 1. The number of thiazole rings is 1. The first-order valence-electron chi connectivity index (χ1n) is 7.87. The predicted molar refractivity (Wildman–Crippen MR) is 102 cm³/mol. The Morgan fingerprint density at radius 3 is 2.84 bits per heavy atom. The number of carbonyl (C=O) groups is 1. The number of aryl methyl sites for hydroxylation is 1. The number of benzene rings is 2. The van der Waals surface area contributed by atoms with E-state index < -0.39 is 0 Å². The van der Waals surface area contributed by atoms with Crippen molar-refractivity contribution in [1.82, 2.24) is 9.97 Å². The Kier molecular flexibility index (Phi) is 3.99. The molecule has 25 heavy (non-hydrogen) atoms. The molecule has 1 N–H and O–H groups in total.